The Morgan fingerprint density at radius 1 is 1.28 bits per heavy atom. The van der Waals surface area contributed by atoms with Crippen molar-refractivity contribution in [2.45, 2.75) is 18.6 Å². The summed E-state index contributed by atoms with van der Waals surface area (Å²) < 4.78 is 63.6. The van der Waals surface area contributed by atoms with Gasteiger partial charge in [-0.05, 0) is 18.4 Å². The summed E-state index contributed by atoms with van der Waals surface area (Å²) in [6.45, 7) is 0. The number of hydrogen-bond acceptors (Lipinski definition) is 1. The molecule has 0 bridgehead atoms. The van der Waals surface area contributed by atoms with Gasteiger partial charge < -0.3 is 5.73 Å². The lowest BCUT2D eigenvalue weighted by Gasteiger charge is -2.14. The van der Waals surface area contributed by atoms with E-state index in [0.29, 0.717) is 0 Å². The molecule has 7 heteroatoms. The van der Waals surface area contributed by atoms with Gasteiger partial charge in [0.2, 0.25) is 0 Å². The lowest BCUT2D eigenvalue weighted by Crippen LogP contribution is -2.20. The molecule has 3 atom stereocenters. The largest absolute Gasteiger partial charge is 0.392 e. The van der Waals surface area contributed by atoms with Crippen molar-refractivity contribution in [3.8, 4) is 0 Å². The minimum atomic E-state index is -4.33. The van der Waals surface area contributed by atoms with Crippen molar-refractivity contribution in [2.75, 3.05) is 0 Å². The topological polar surface area (TPSA) is 26.0 Å². The smallest absolute Gasteiger partial charge is 0.324 e. The maximum atomic E-state index is 13.6. The van der Waals surface area contributed by atoms with Crippen LogP contribution >= 0.6 is 11.6 Å². The lowest BCUT2D eigenvalue weighted by atomic mass is 10.0. The average molecular weight is 286 g/mol. The highest BCUT2D eigenvalue weighted by Gasteiger charge is 2.58. The third kappa shape index (κ3) is 2.31. The Kier molecular flexibility index (Phi) is 3.27. The van der Waals surface area contributed by atoms with Gasteiger partial charge in [-0.2, -0.15) is 13.2 Å². The summed E-state index contributed by atoms with van der Waals surface area (Å²) in [4.78, 5) is 0. The molecule has 18 heavy (non-hydrogen) atoms. The molecule has 2 rings (SSSR count). The summed E-state index contributed by atoms with van der Waals surface area (Å²) in [7, 11) is 0. The second-order valence-electron chi connectivity index (χ2n) is 4.34. The van der Waals surface area contributed by atoms with Crippen LogP contribution in [0.1, 0.15) is 18.0 Å². The van der Waals surface area contributed by atoms with Crippen LogP contribution < -0.4 is 5.73 Å². The van der Waals surface area contributed by atoms with E-state index in [1.807, 2.05) is 0 Å². The first-order valence-corrected chi connectivity index (χ1v) is 5.57. The van der Waals surface area contributed by atoms with E-state index in [2.05, 4.69) is 0 Å². The SMILES string of the molecule is NC(c1ccc(F)c(Cl)c1F)C1CC1C(F)(F)F. The Bertz CT molecular complexity index is 473. The summed E-state index contributed by atoms with van der Waals surface area (Å²) in [6.07, 6.45) is -4.47. The summed E-state index contributed by atoms with van der Waals surface area (Å²) in [6, 6.07) is 0.799. The van der Waals surface area contributed by atoms with Gasteiger partial charge in [-0.3, -0.25) is 0 Å². The van der Waals surface area contributed by atoms with Crippen molar-refractivity contribution in [3.05, 3.63) is 34.4 Å². The number of rotatable bonds is 2. The Balaban J connectivity index is 2.22. The zero-order valence-corrected chi connectivity index (χ0v) is 9.69. The Hall–Kier alpha value is -0.880. The second-order valence-corrected chi connectivity index (χ2v) is 4.72. The predicted molar refractivity (Wildman–Crippen MR) is 55.9 cm³/mol. The Morgan fingerprint density at radius 3 is 2.39 bits per heavy atom. The first-order valence-electron chi connectivity index (χ1n) is 5.19. The van der Waals surface area contributed by atoms with Crippen molar-refractivity contribution in [1.82, 2.24) is 0 Å². The molecule has 1 aliphatic carbocycles. The first kappa shape index (κ1) is 13.5. The maximum Gasteiger partial charge on any atom is 0.392 e. The number of nitrogens with two attached hydrogens (primary N) is 1. The molecule has 2 N–H and O–H groups in total. The average Bonchev–Trinajstić information content (AvgIpc) is 3.04. The van der Waals surface area contributed by atoms with E-state index in [-0.39, 0.29) is 12.0 Å². The molecular formula is C11H9ClF5N. The summed E-state index contributed by atoms with van der Waals surface area (Å²) >= 11 is 5.35. The van der Waals surface area contributed by atoms with Gasteiger partial charge in [0.1, 0.15) is 16.7 Å². The molecule has 1 aromatic rings. The van der Waals surface area contributed by atoms with Crippen molar-refractivity contribution in [3.63, 3.8) is 0 Å². The molecule has 0 radical (unpaired) electrons. The standard InChI is InChI=1S/C11H9ClF5N/c12-8-7(13)2-1-4(9(8)14)10(18)5-3-6(5)11(15,16)17/h1-2,5-6,10H,3,18H2. The predicted octanol–water partition coefficient (Wildman–Crippen LogP) is 3.82. The fourth-order valence-electron chi connectivity index (χ4n) is 2.02. The highest BCUT2D eigenvalue weighted by molar-refractivity contribution is 6.30. The molecular weight excluding hydrogens is 277 g/mol. The molecule has 0 spiro atoms. The van der Waals surface area contributed by atoms with Gasteiger partial charge in [0, 0.05) is 11.6 Å². The molecule has 0 saturated heterocycles. The quantitative estimate of drug-likeness (QED) is 0.649. The summed E-state index contributed by atoms with van der Waals surface area (Å²) in [5, 5.41) is -0.743. The fraction of sp³-hybridized carbons (Fsp3) is 0.455. The number of benzene rings is 1. The van der Waals surface area contributed by atoms with Crippen LogP contribution in [0.25, 0.3) is 0 Å². The molecule has 0 amide bonds. The van der Waals surface area contributed by atoms with Crippen LogP contribution in [0.3, 0.4) is 0 Å². The van der Waals surface area contributed by atoms with Crippen molar-refractivity contribution in [1.29, 1.82) is 0 Å². The van der Waals surface area contributed by atoms with E-state index >= 15 is 0 Å². The van der Waals surface area contributed by atoms with Crippen LogP contribution in [-0.2, 0) is 0 Å². The van der Waals surface area contributed by atoms with E-state index in [1.165, 1.54) is 0 Å². The van der Waals surface area contributed by atoms with E-state index in [0.717, 1.165) is 12.1 Å². The van der Waals surface area contributed by atoms with Crippen LogP contribution in [0.15, 0.2) is 12.1 Å². The minimum Gasteiger partial charge on any atom is -0.324 e. The van der Waals surface area contributed by atoms with Crippen molar-refractivity contribution < 1.29 is 22.0 Å². The molecule has 100 valence electrons. The van der Waals surface area contributed by atoms with Crippen LogP contribution in [0.4, 0.5) is 22.0 Å². The van der Waals surface area contributed by atoms with Crippen molar-refractivity contribution in [2.24, 2.45) is 17.6 Å². The van der Waals surface area contributed by atoms with Gasteiger partial charge in [-0.25, -0.2) is 8.78 Å². The van der Waals surface area contributed by atoms with Gasteiger partial charge in [0.05, 0.1) is 5.92 Å². The van der Waals surface area contributed by atoms with Gasteiger partial charge in [0.15, 0.2) is 0 Å². The fourth-order valence-corrected chi connectivity index (χ4v) is 2.19. The van der Waals surface area contributed by atoms with E-state index < -0.39 is 40.7 Å². The Morgan fingerprint density at radius 2 is 1.89 bits per heavy atom. The molecule has 1 nitrogen and oxygen atoms in total. The monoisotopic (exact) mass is 285 g/mol. The van der Waals surface area contributed by atoms with E-state index in [9.17, 15) is 22.0 Å². The van der Waals surface area contributed by atoms with Gasteiger partial charge in [0.25, 0.3) is 0 Å². The number of hydrogen-bond donors (Lipinski definition) is 1. The van der Waals surface area contributed by atoms with Crippen LogP contribution in [0.2, 0.25) is 5.02 Å². The lowest BCUT2D eigenvalue weighted by molar-refractivity contribution is -0.151. The summed E-state index contributed by atoms with van der Waals surface area (Å²) in [5.41, 5.74) is 5.40. The second kappa shape index (κ2) is 4.35. The third-order valence-electron chi connectivity index (χ3n) is 3.15. The van der Waals surface area contributed by atoms with Gasteiger partial charge in [-0.1, -0.05) is 17.7 Å². The number of halogens is 6. The molecule has 1 aromatic carbocycles. The molecule has 0 aliphatic heterocycles. The van der Waals surface area contributed by atoms with Crippen LogP contribution in [0, 0.1) is 23.5 Å². The van der Waals surface area contributed by atoms with Crippen molar-refractivity contribution >= 4 is 11.6 Å². The highest BCUT2D eigenvalue weighted by Crippen LogP contribution is 2.55. The van der Waals surface area contributed by atoms with E-state index in [1.54, 1.807) is 0 Å². The first-order chi connectivity index (χ1) is 8.23. The molecule has 0 heterocycles. The maximum absolute atomic E-state index is 13.6. The third-order valence-corrected chi connectivity index (χ3v) is 3.49. The molecule has 0 aromatic heterocycles. The molecule has 1 fully saturated rings. The normalized spacial score (nSPS) is 25.1. The van der Waals surface area contributed by atoms with Crippen LogP contribution in [0.5, 0.6) is 0 Å². The van der Waals surface area contributed by atoms with Crippen LogP contribution in [-0.4, -0.2) is 6.18 Å². The van der Waals surface area contributed by atoms with E-state index in [4.69, 9.17) is 17.3 Å². The zero-order chi connectivity index (χ0) is 13.7. The summed E-state index contributed by atoms with van der Waals surface area (Å²) in [5.74, 6) is -4.44. The van der Waals surface area contributed by atoms with Gasteiger partial charge >= 0.3 is 6.18 Å². The van der Waals surface area contributed by atoms with Gasteiger partial charge in [-0.15, -0.1) is 0 Å². The zero-order valence-electron chi connectivity index (χ0n) is 8.94. The molecule has 3 unspecified atom stereocenters. The molecule has 1 aliphatic rings. The number of alkyl halides is 3. The Labute approximate surface area is 105 Å². The highest BCUT2D eigenvalue weighted by atomic mass is 35.5. The molecule has 1 saturated carbocycles. The minimum absolute atomic E-state index is 0.140.